The summed E-state index contributed by atoms with van der Waals surface area (Å²) in [4.78, 5) is 27.3. The lowest BCUT2D eigenvalue weighted by atomic mass is 10.1. The molecule has 34 heavy (non-hydrogen) atoms. The summed E-state index contributed by atoms with van der Waals surface area (Å²) in [5.41, 5.74) is 3.43. The molecule has 2 rings (SSSR count). The van der Waals surface area contributed by atoms with Crippen molar-refractivity contribution in [2.45, 2.75) is 53.1 Å². The predicted octanol–water partition coefficient (Wildman–Crippen LogP) is 4.17. The van der Waals surface area contributed by atoms with Gasteiger partial charge in [-0.1, -0.05) is 34.1 Å². The second-order valence-corrected chi connectivity index (χ2v) is 11.3. The number of benzene rings is 2. The van der Waals surface area contributed by atoms with E-state index in [2.05, 4.69) is 21.2 Å². The van der Waals surface area contributed by atoms with Gasteiger partial charge in [-0.2, -0.15) is 0 Å². The van der Waals surface area contributed by atoms with Crippen LogP contribution in [0.15, 0.2) is 46.9 Å². The van der Waals surface area contributed by atoms with Crippen molar-refractivity contribution < 1.29 is 18.0 Å². The molecule has 186 valence electrons. The van der Waals surface area contributed by atoms with E-state index in [1.807, 2.05) is 63.2 Å². The van der Waals surface area contributed by atoms with Crippen molar-refractivity contribution in [3.63, 3.8) is 0 Å². The third kappa shape index (κ3) is 8.13. The summed E-state index contributed by atoms with van der Waals surface area (Å²) in [7, 11) is -3.52. The monoisotopic (exact) mass is 551 g/mol. The van der Waals surface area contributed by atoms with Gasteiger partial charge in [0.2, 0.25) is 21.8 Å². The third-order valence-electron chi connectivity index (χ3n) is 5.43. The number of nitrogens with one attached hydrogen (secondary N) is 1. The second kappa shape index (κ2) is 12.4. The molecular formula is C25H34BrN3O4S. The molecule has 0 aromatic heterocycles. The van der Waals surface area contributed by atoms with Crippen LogP contribution in [0.2, 0.25) is 0 Å². The molecular weight excluding hydrogens is 518 g/mol. The van der Waals surface area contributed by atoms with E-state index in [0.29, 0.717) is 18.7 Å². The van der Waals surface area contributed by atoms with Crippen molar-refractivity contribution in [3.8, 4) is 0 Å². The molecule has 0 saturated carbocycles. The van der Waals surface area contributed by atoms with Crippen LogP contribution in [0.3, 0.4) is 0 Å². The molecule has 0 heterocycles. The Kier molecular flexibility index (Phi) is 10.1. The zero-order valence-electron chi connectivity index (χ0n) is 20.5. The fourth-order valence-electron chi connectivity index (χ4n) is 3.79. The van der Waals surface area contributed by atoms with Crippen LogP contribution in [0.1, 0.15) is 43.4 Å². The van der Waals surface area contributed by atoms with Crippen LogP contribution in [0.5, 0.6) is 0 Å². The minimum atomic E-state index is -3.52. The average molecular weight is 553 g/mol. The van der Waals surface area contributed by atoms with Crippen molar-refractivity contribution >= 4 is 43.5 Å². The normalized spacial score (nSPS) is 12.2. The maximum Gasteiger partial charge on any atom is 0.242 e. The van der Waals surface area contributed by atoms with Crippen LogP contribution >= 0.6 is 15.9 Å². The number of sulfonamides is 1. The molecule has 0 spiro atoms. The Bertz CT molecular complexity index is 1080. The molecule has 1 N–H and O–H groups in total. The van der Waals surface area contributed by atoms with E-state index >= 15 is 0 Å². The topological polar surface area (TPSA) is 86.8 Å². The Balaban J connectivity index is 2.17. The number of likely N-dealkylation sites (N-methyl/N-ethyl adjacent to an activating group) is 1. The zero-order chi connectivity index (χ0) is 25.5. The summed E-state index contributed by atoms with van der Waals surface area (Å²) < 4.78 is 27.2. The molecule has 1 atom stereocenters. The average Bonchev–Trinajstić information content (AvgIpc) is 2.74. The molecule has 7 nitrogen and oxygen atoms in total. The minimum Gasteiger partial charge on any atom is -0.355 e. The van der Waals surface area contributed by atoms with Crippen LogP contribution in [0, 0.1) is 13.8 Å². The maximum atomic E-state index is 13.2. The van der Waals surface area contributed by atoms with Gasteiger partial charge >= 0.3 is 0 Å². The highest BCUT2D eigenvalue weighted by Crippen LogP contribution is 2.22. The molecule has 2 aromatic carbocycles. The van der Waals surface area contributed by atoms with E-state index < -0.39 is 16.1 Å². The fourth-order valence-corrected chi connectivity index (χ4v) is 5.00. The molecule has 0 unspecified atom stereocenters. The number of hydrogen-bond donors (Lipinski definition) is 1. The third-order valence-corrected chi connectivity index (χ3v) is 7.15. The van der Waals surface area contributed by atoms with Gasteiger partial charge in [-0.3, -0.25) is 13.9 Å². The first-order valence-electron chi connectivity index (χ1n) is 11.3. The van der Waals surface area contributed by atoms with Gasteiger partial charge in [0.05, 0.1) is 11.9 Å². The number of carbonyl (C=O) groups excluding carboxylic acids is 2. The summed E-state index contributed by atoms with van der Waals surface area (Å²) in [6, 6.07) is 12.6. The predicted molar refractivity (Wildman–Crippen MR) is 140 cm³/mol. The quantitative estimate of drug-likeness (QED) is 0.454. The highest BCUT2D eigenvalue weighted by Gasteiger charge is 2.26. The van der Waals surface area contributed by atoms with Crippen molar-refractivity contribution in [3.05, 3.63) is 63.6 Å². The summed E-state index contributed by atoms with van der Waals surface area (Å²) >= 11 is 3.41. The zero-order valence-corrected chi connectivity index (χ0v) is 22.9. The molecule has 0 aliphatic rings. The standard InChI is InChI=1S/C25H34BrN3O4S/c1-6-27-25(31)20(4)28(17-21-9-11-22(26)12-10-21)24(30)8-7-13-29(34(5,32)33)23-15-18(2)14-19(3)16-23/h9-12,14-16,20H,6-8,13,17H2,1-5H3,(H,27,31)/t20-/m1/s1. The molecule has 0 bridgehead atoms. The Morgan fingerprint density at radius 1 is 1.06 bits per heavy atom. The van der Waals surface area contributed by atoms with Crippen LogP contribution in [0.4, 0.5) is 5.69 Å². The summed E-state index contributed by atoms with van der Waals surface area (Å²) in [6.45, 7) is 8.32. The highest BCUT2D eigenvalue weighted by molar-refractivity contribution is 9.10. The van der Waals surface area contributed by atoms with Crippen molar-refractivity contribution in [1.29, 1.82) is 0 Å². The number of nitrogens with zero attached hydrogens (tertiary/aromatic N) is 2. The first kappa shape index (κ1) is 27.9. The number of rotatable bonds is 11. The van der Waals surface area contributed by atoms with Crippen LogP contribution in [-0.4, -0.2) is 50.5 Å². The lowest BCUT2D eigenvalue weighted by molar-refractivity contribution is -0.140. The second-order valence-electron chi connectivity index (χ2n) is 8.50. The number of carbonyl (C=O) groups is 2. The molecule has 9 heteroatoms. The SMILES string of the molecule is CCNC(=O)[C@@H](C)N(Cc1ccc(Br)cc1)C(=O)CCCN(c1cc(C)cc(C)c1)S(C)(=O)=O. The van der Waals surface area contributed by atoms with E-state index in [9.17, 15) is 18.0 Å². The first-order chi connectivity index (χ1) is 15.9. The van der Waals surface area contributed by atoms with Gasteiger partial charge in [-0.15, -0.1) is 0 Å². The minimum absolute atomic E-state index is 0.122. The van der Waals surface area contributed by atoms with Gasteiger partial charge in [0.1, 0.15) is 6.04 Å². The van der Waals surface area contributed by atoms with Gasteiger partial charge in [-0.25, -0.2) is 8.42 Å². The van der Waals surface area contributed by atoms with Gasteiger partial charge in [0.25, 0.3) is 0 Å². The smallest absolute Gasteiger partial charge is 0.242 e. The van der Waals surface area contributed by atoms with Crippen molar-refractivity contribution in [1.82, 2.24) is 10.2 Å². The van der Waals surface area contributed by atoms with Crippen molar-refractivity contribution in [2.24, 2.45) is 0 Å². The summed E-state index contributed by atoms with van der Waals surface area (Å²) in [6.07, 6.45) is 1.62. The molecule has 0 fully saturated rings. The molecule has 0 radical (unpaired) electrons. The van der Waals surface area contributed by atoms with E-state index in [1.165, 1.54) is 10.6 Å². The largest absolute Gasteiger partial charge is 0.355 e. The van der Waals surface area contributed by atoms with Gasteiger partial charge in [0, 0.05) is 30.5 Å². The number of halogens is 1. The van der Waals surface area contributed by atoms with E-state index in [-0.39, 0.29) is 31.3 Å². The Morgan fingerprint density at radius 2 is 1.65 bits per heavy atom. The van der Waals surface area contributed by atoms with Gasteiger partial charge in [0.15, 0.2) is 0 Å². The van der Waals surface area contributed by atoms with E-state index in [1.54, 1.807) is 11.8 Å². The molecule has 2 aromatic rings. The number of hydrogen-bond acceptors (Lipinski definition) is 4. The number of anilines is 1. The summed E-state index contributed by atoms with van der Waals surface area (Å²) in [5, 5.41) is 2.77. The van der Waals surface area contributed by atoms with Crippen LogP contribution in [-0.2, 0) is 26.2 Å². The maximum absolute atomic E-state index is 13.2. The Morgan fingerprint density at radius 3 is 2.18 bits per heavy atom. The number of amides is 2. The Labute approximate surface area is 211 Å². The van der Waals surface area contributed by atoms with Gasteiger partial charge in [-0.05, 0) is 75.1 Å². The van der Waals surface area contributed by atoms with Gasteiger partial charge < -0.3 is 10.2 Å². The van der Waals surface area contributed by atoms with E-state index in [4.69, 9.17) is 0 Å². The lowest BCUT2D eigenvalue weighted by Gasteiger charge is -2.29. The molecule has 0 aliphatic heterocycles. The summed E-state index contributed by atoms with van der Waals surface area (Å²) in [5.74, 6) is -0.420. The highest BCUT2D eigenvalue weighted by atomic mass is 79.9. The Hall–Kier alpha value is -2.39. The molecule has 0 saturated heterocycles. The van der Waals surface area contributed by atoms with Crippen LogP contribution < -0.4 is 9.62 Å². The fraction of sp³-hybridized carbons (Fsp3) is 0.440. The van der Waals surface area contributed by atoms with Crippen LogP contribution in [0.25, 0.3) is 0 Å². The lowest BCUT2D eigenvalue weighted by Crippen LogP contribution is -2.47. The van der Waals surface area contributed by atoms with Crippen molar-refractivity contribution in [2.75, 3.05) is 23.7 Å². The molecule has 0 aliphatic carbocycles. The first-order valence-corrected chi connectivity index (χ1v) is 13.9. The van der Waals surface area contributed by atoms with E-state index in [0.717, 1.165) is 21.2 Å². The number of aryl methyl sites for hydroxylation is 2. The molecule has 2 amide bonds.